The molecule has 0 atom stereocenters. The number of nitrogens with zero attached hydrogens (tertiary/aromatic N) is 6. The van der Waals surface area contributed by atoms with Gasteiger partial charge < -0.3 is 47.3 Å². The number of aromatic amines is 1. The second-order valence-corrected chi connectivity index (χ2v) is 37.0. The molecule has 0 radical (unpaired) electrons. The van der Waals surface area contributed by atoms with Crippen LogP contribution in [0.1, 0.15) is 119 Å². The van der Waals surface area contributed by atoms with Crippen LogP contribution in [0.4, 0.5) is 71.4 Å². The monoisotopic (exact) mass is 1950 g/mol. The average molecular weight is 1950 g/mol. The third-order valence-electron chi connectivity index (χ3n) is 23.7. The van der Waals surface area contributed by atoms with Crippen LogP contribution in [0, 0.1) is 51.7 Å². The summed E-state index contributed by atoms with van der Waals surface area (Å²) in [6, 6.07) is 85.8. The highest BCUT2D eigenvalue weighted by molar-refractivity contribution is 6.09. The van der Waals surface area contributed by atoms with Gasteiger partial charge in [-0.3, -0.25) is 44.2 Å². The fourth-order valence-corrected chi connectivity index (χ4v) is 17.1. The van der Waals surface area contributed by atoms with E-state index in [0.717, 1.165) is 175 Å². The standard InChI is InChI=1S/C25H21N3O2.C25H31N3O.C25H22N2O2.C23H17F2N3O.C21H15F3N4O/c1-16-6-9-23(28-25(30)20-4-3-5-22(13-20)27-17(2)29)14-24(16)19-8-7-18-10-11-26-15-21(18)12-19;1-17-7-10-21(27-23(29)28-25(5,6)16-24(2,3)4)14-22(17)19-9-8-18-11-12-26-15-20(18)13-19;1-3-29-24-7-5-4-6-22(24)25(28)27-21-11-8-17(2)23(15-21)19-10-9-18-12-13-26-16-20(18)14-19;1-14-2-5-20(27-23(29)28-21-10-18(24)9-19(25)11-21)12-22(14)16-4-3-15-6-7-26-13-17(15)8-16;1-12-5-6-15(10-16(12)17-7-8-18-19(27-17)11-25-28-18)26-20(29)13-3-2-4-14(9-13)21(22,23)24/h3-15H,1-2H3,(H,27,29)(H,28,30);7-15H,16H2,1-6H3,(H2,27,28,29);4-16H,3H2,1-2H3,(H,27,28);2-13H,1H3,(H2,27,28,29);2-11H,1H3,(H,25,28)(H,26,29). The lowest BCUT2D eigenvalue weighted by Crippen LogP contribution is -2.47. The number of para-hydroxylation sites is 1. The fraction of sp³-hybridized carbons (Fsp3) is 0.143. The van der Waals surface area contributed by atoms with Crippen molar-refractivity contribution in [1.82, 2.24) is 40.4 Å². The minimum absolute atomic E-state index is 0.0364. The number of halogens is 5. The van der Waals surface area contributed by atoms with Crippen LogP contribution < -0.4 is 47.3 Å². The first-order chi connectivity index (χ1) is 69.9. The molecule has 13 aromatic carbocycles. The number of nitrogens with one attached hydrogen (secondary N) is 9. The molecule has 9 N–H and O–H groups in total. The van der Waals surface area contributed by atoms with Crippen LogP contribution in [-0.4, -0.2) is 83.0 Å². The van der Waals surface area contributed by atoms with Crippen LogP contribution in [0.3, 0.4) is 0 Å². The number of aromatic nitrogens is 7. The summed E-state index contributed by atoms with van der Waals surface area (Å²) >= 11 is 0. The van der Waals surface area contributed by atoms with Crippen molar-refractivity contribution in [3.05, 3.63) is 409 Å². The van der Waals surface area contributed by atoms with Gasteiger partial charge in [0.1, 0.15) is 22.9 Å². The molecule has 146 heavy (non-hydrogen) atoms. The Kier molecular flexibility index (Phi) is 32.1. The lowest BCUT2D eigenvalue weighted by molar-refractivity contribution is -0.137. The Morgan fingerprint density at radius 2 is 0.753 bits per heavy atom. The average Bonchev–Trinajstić information content (AvgIpc) is 0.890. The van der Waals surface area contributed by atoms with Gasteiger partial charge in [0.25, 0.3) is 17.7 Å². The molecule has 0 saturated heterocycles. The third-order valence-corrected chi connectivity index (χ3v) is 23.7. The lowest BCUT2D eigenvalue weighted by atomic mass is 9.82. The number of ether oxygens (including phenoxy) is 1. The van der Waals surface area contributed by atoms with Gasteiger partial charge in [0.15, 0.2) is 0 Å². The normalized spacial score (nSPS) is 11.1. The van der Waals surface area contributed by atoms with E-state index in [2.05, 4.69) is 181 Å². The summed E-state index contributed by atoms with van der Waals surface area (Å²) in [4.78, 5) is 95.4. The predicted octanol–water partition coefficient (Wildman–Crippen LogP) is 29.2. The number of hydrogen-bond donors (Lipinski definition) is 9. The molecule has 6 heterocycles. The maximum Gasteiger partial charge on any atom is 0.416 e. The van der Waals surface area contributed by atoms with Gasteiger partial charge in [-0.1, -0.05) is 124 Å². The molecule has 0 aliphatic rings. The number of pyridine rings is 5. The van der Waals surface area contributed by atoms with Gasteiger partial charge in [-0.15, -0.1) is 0 Å². The zero-order valence-corrected chi connectivity index (χ0v) is 82.3. The summed E-state index contributed by atoms with van der Waals surface area (Å²) in [5, 5.41) is 38.1. The summed E-state index contributed by atoms with van der Waals surface area (Å²) in [6.07, 6.45) is 12.5. The first-order valence-corrected chi connectivity index (χ1v) is 47.0. The van der Waals surface area contributed by atoms with Gasteiger partial charge in [-0.05, 0) is 343 Å². The van der Waals surface area contributed by atoms with Crippen molar-refractivity contribution in [3.63, 3.8) is 0 Å². The minimum atomic E-state index is -4.51. The maximum absolute atomic E-state index is 13.3. The van der Waals surface area contributed by atoms with E-state index in [0.29, 0.717) is 57.4 Å². The number of carbonyl (C=O) groups excluding carboxylic acids is 6. The number of amides is 8. The first kappa shape index (κ1) is 102. The van der Waals surface area contributed by atoms with Crippen molar-refractivity contribution < 1.29 is 55.5 Å². The molecule has 6 aromatic heterocycles. The van der Waals surface area contributed by atoms with Gasteiger partial charge in [-0.2, -0.15) is 18.3 Å². The Bertz CT molecular complexity index is 8080. The van der Waals surface area contributed by atoms with Crippen molar-refractivity contribution in [2.75, 3.05) is 43.8 Å². The number of alkyl halides is 3. The van der Waals surface area contributed by atoms with E-state index >= 15 is 0 Å². The van der Waals surface area contributed by atoms with Crippen molar-refractivity contribution in [2.45, 2.75) is 101 Å². The number of H-pyrrole nitrogens is 1. The molecule has 0 aliphatic carbocycles. The van der Waals surface area contributed by atoms with E-state index < -0.39 is 35.3 Å². The fourth-order valence-electron chi connectivity index (χ4n) is 17.1. The molecule has 0 aliphatic heterocycles. The van der Waals surface area contributed by atoms with E-state index in [1.54, 1.807) is 79.5 Å². The highest BCUT2D eigenvalue weighted by Gasteiger charge is 2.32. The number of rotatable bonds is 19. The number of anilines is 7. The Hall–Kier alpha value is -18.0. The quantitative estimate of drug-likeness (QED) is 0.0341. The number of aryl methyl sites for hydroxylation is 5. The zero-order valence-electron chi connectivity index (χ0n) is 82.3. The summed E-state index contributed by atoms with van der Waals surface area (Å²) < 4.78 is 70.8. The van der Waals surface area contributed by atoms with Crippen molar-refractivity contribution >= 4 is 130 Å². The van der Waals surface area contributed by atoms with E-state index in [1.165, 1.54) is 19.1 Å². The Morgan fingerprint density at radius 3 is 1.19 bits per heavy atom. The number of carbonyl (C=O) groups is 6. The molecular formula is C119H106F5N15O7. The molecule has 27 heteroatoms. The van der Waals surface area contributed by atoms with E-state index in [9.17, 15) is 50.7 Å². The first-order valence-electron chi connectivity index (χ1n) is 47.0. The van der Waals surface area contributed by atoms with Gasteiger partial charge in [0.05, 0.1) is 35.1 Å². The number of urea groups is 2. The Labute approximate surface area is 841 Å². The smallest absolute Gasteiger partial charge is 0.416 e. The molecule has 0 bridgehead atoms. The van der Waals surface area contributed by atoms with Crippen LogP contribution in [0.5, 0.6) is 5.75 Å². The highest BCUT2D eigenvalue weighted by atomic mass is 19.4. The highest BCUT2D eigenvalue weighted by Crippen LogP contribution is 2.38. The molecule has 0 spiro atoms. The van der Waals surface area contributed by atoms with Gasteiger partial charge in [-0.25, -0.2) is 23.4 Å². The van der Waals surface area contributed by atoms with E-state index in [1.807, 2.05) is 198 Å². The largest absolute Gasteiger partial charge is 0.493 e. The summed E-state index contributed by atoms with van der Waals surface area (Å²) in [5.74, 6) is -2.16. The minimum Gasteiger partial charge on any atom is -0.493 e. The van der Waals surface area contributed by atoms with Gasteiger partial charge >= 0.3 is 18.2 Å². The molecule has 22 nitrogen and oxygen atoms in total. The predicted molar refractivity (Wildman–Crippen MR) is 575 cm³/mol. The molecule has 8 amide bonds. The molecule has 0 fully saturated rings. The number of hydrogen-bond acceptors (Lipinski definition) is 13. The third kappa shape index (κ3) is 27.2. The summed E-state index contributed by atoms with van der Waals surface area (Å²) in [6.45, 7) is 24.6. The lowest BCUT2D eigenvalue weighted by Gasteiger charge is -2.33. The Morgan fingerprint density at radius 1 is 0.356 bits per heavy atom. The zero-order chi connectivity index (χ0) is 104. The van der Waals surface area contributed by atoms with Crippen LogP contribution in [0.25, 0.3) is 110 Å². The summed E-state index contributed by atoms with van der Waals surface area (Å²) in [5.41, 5.74) is 20.6. The topological polar surface area (TPSA) is 301 Å². The molecular weight excluding hydrogens is 1850 g/mol. The molecule has 19 aromatic rings. The molecule has 0 unspecified atom stereocenters. The van der Waals surface area contributed by atoms with Crippen molar-refractivity contribution in [2.24, 2.45) is 5.41 Å². The maximum atomic E-state index is 13.3. The van der Waals surface area contributed by atoms with E-state index in [4.69, 9.17) is 4.74 Å². The SMILES string of the molecule is CC(=O)Nc1cccc(C(=O)Nc2ccc(C)c(-c3ccc4ccncc4c3)c2)c1.CCOc1ccccc1C(=O)Nc1ccc(C)c(-c2ccc3ccncc3c2)c1.Cc1ccc(NC(=O)NC(C)(C)CC(C)(C)C)cc1-c1ccc2ccncc2c1.Cc1ccc(NC(=O)Nc2cc(F)cc(F)c2)cc1-c1ccc2ccncc2c1.Cc1ccc(NC(=O)c2cccc(C(F)(F)F)c2)cc1-c1ccc2[nH]ncc2n1. The van der Waals surface area contributed by atoms with Crippen molar-refractivity contribution in [3.8, 4) is 61.5 Å². The van der Waals surface area contributed by atoms with Crippen LogP contribution in [-0.2, 0) is 11.0 Å². The van der Waals surface area contributed by atoms with Crippen LogP contribution >= 0.6 is 0 Å². The van der Waals surface area contributed by atoms with E-state index in [-0.39, 0.29) is 46.0 Å². The molecule has 734 valence electrons. The van der Waals surface area contributed by atoms with Gasteiger partial charge in [0.2, 0.25) is 5.91 Å². The van der Waals surface area contributed by atoms with Crippen LogP contribution in [0.2, 0.25) is 0 Å². The molecule has 19 rings (SSSR count). The number of fused-ring (bicyclic) bond motifs is 5. The molecule has 0 saturated carbocycles. The summed E-state index contributed by atoms with van der Waals surface area (Å²) in [7, 11) is 0. The number of benzene rings is 13. The second-order valence-electron chi connectivity index (χ2n) is 37.0. The van der Waals surface area contributed by atoms with Crippen molar-refractivity contribution in [1.29, 1.82) is 0 Å². The van der Waals surface area contributed by atoms with Crippen LogP contribution in [0.15, 0.2) is 347 Å². The van der Waals surface area contributed by atoms with Gasteiger partial charge in [0, 0.05) is 146 Å². The Balaban J connectivity index is 0.000000137. The second kappa shape index (κ2) is 45.7.